The van der Waals surface area contributed by atoms with Gasteiger partial charge in [-0.1, -0.05) is 18.2 Å². The molecule has 1 amide bonds. The molecule has 0 aliphatic rings. The summed E-state index contributed by atoms with van der Waals surface area (Å²) in [7, 11) is 0. The number of carbonyl (C=O) groups is 1. The number of hydrogen-bond donors (Lipinski definition) is 2. The van der Waals surface area contributed by atoms with Crippen LogP contribution in [0.25, 0.3) is 0 Å². The number of nitrogens with two attached hydrogens (primary N) is 1. The van der Waals surface area contributed by atoms with Gasteiger partial charge in [-0.25, -0.2) is 0 Å². The Morgan fingerprint density at radius 1 is 1.35 bits per heavy atom. The first-order chi connectivity index (χ1) is 9.49. The normalized spacial score (nSPS) is 12.3. The summed E-state index contributed by atoms with van der Waals surface area (Å²) in [5.41, 5.74) is 8.25. The standard InChI is InChI=1S/C16H20N2OS/c1-10-8-15(12(3)20-10)11(2)18-9-13-6-4-5-7-14(13)16(17)19/h4-8,11,18H,9H2,1-3H3,(H2,17,19). The van der Waals surface area contributed by atoms with Crippen molar-refractivity contribution in [3.8, 4) is 0 Å². The van der Waals surface area contributed by atoms with Gasteiger partial charge in [-0.15, -0.1) is 11.3 Å². The number of carbonyl (C=O) groups excluding carboxylic acids is 1. The molecule has 1 aromatic carbocycles. The van der Waals surface area contributed by atoms with Crippen molar-refractivity contribution in [1.29, 1.82) is 0 Å². The van der Waals surface area contributed by atoms with Crippen LogP contribution in [0.4, 0.5) is 0 Å². The highest BCUT2D eigenvalue weighted by atomic mass is 32.1. The minimum Gasteiger partial charge on any atom is -0.366 e. The van der Waals surface area contributed by atoms with E-state index in [9.17, 15) is 4.79 Å². The number of primary amides is 1. The summed E-state index contributed by atoms with van der Waals surface area (Å²) < 4.78 is 0. The highest BCUT2D eigenvalue weighted by Gasteiger charge is 2.12. The van der Waals surface area contributed by atoms with E-state index < -0.39 is 0 Å². The van der Waals surface area contributed by atoms with Gasteiger partial charge in [-0.2, -0.15) is 0 Å². The zero-order valence-corrected chi connectivity index (χ0v) is 12.9. The highest BCUT2D eigenvalue weighted by molar-refractivity contribution is 7.12. The van der Waals surface area contributed by atoms with E-state index in [1.54, 1.807) is 6.07 Å². The molecule has 0 radical (unpaired) electrons. The molecule has 0 aliphatic carbocycles. The minimum atomic E-state index is -0.377. The number of thiophene rings is 1. The molecule has 0 fully saturated rings. The van der Waals surface area contributed by atoms with E-state index in [1.807, 2.05) is 29.5 Å². The van der Waals surface area contributed by atoms with Crippen molar-refractivity contribution in [1.82, 2.24) is 5.32 Å². The first-order valence-corrected chi connectivity index (χ1v) is 7.48. The van der Waals surface area contributed by atoms with Gasteiger partial charge in [0.15, 0.2) is 0 Å². The monoisotopic (exact) mass is 288 g/mol. The zero-order chi connectivity index (χ0) is 14.7. The highest BCUT2D eigenvalue weighted by Crippen LogP contribution is 2.26. The summed E-state index contributed by atoms with van der Waals surface area (Å²) in [6.45, 7) is 7.04. The van der Waals surface area contributed by atoms with Gasteiger partial charge in [-0.3, -0.25) is 4.79 Å². The van der Waals surface area contributed by atoms with Crippen LogP contribution in [-0.2, 0) is 6.54 Å². The molecule has 1 heterocycles. The Balaban J connectivity index is 2.09. The van der Waals surface area contributed by atoms with Crippen LogP contribution >= 0.6 is 11.3 Å². The van der Waals surface area contributed by atoms with Crippen LogP contribution in [0.2, 0.25) is 0 Å². The molecule has 2 rings (SSSR count). The molecule has 0 bridgehead atoms. The van der Waals surface area contributed by atoms with Crippen LogP contribution in [0.1, 0.15) is 44.2 Å². The van der Waals surface area contributed by atoms with Gasteiger partial charge in [0.25, 0.3) is 0 Å². The molecule has 20 heavy (non-hydrogen) atoms. The fourth-order valence-electron chi connectivity index (χ4n) is 2.37. The summed E-state index contributed by atoms with van der Waals surface area (Å²) in [6, 6.07) is 9.93. The molecule has 4 heteroatoms. The third-order valence-electron chi connectivity index (χ3n) is 3.43. The van der Waals surface area contributed by atoms with Crippen LogP contribution in [-0.4, -0.2) is 5.91 Å². The average Bonchev–Trinajstić information content (AvgIpc) is 2.75. The maximum atomic E-state index is 11.4. The zero-order valence-electron chi connectivity index (χ0n) is 12.1. The van der Waals surface area contributed by atoms with Crippen molar-refractivity contribution in [2.75, 3.05) is 0 Å². The van der Waals surface area contributed by atoms with E-state index in [0.29, 0.717) is 12.1 Å². The molecule has 2 aromatic rings. The Labute approximate surface area is 123 Å². The Bertz CT molecular complexity index is 619. The SMILES string of the molecule is Cc1cc(C(C)NCc2ccccc2C(N)=O)c(C)s1. The fraction of sp³-hybridized carbons (Fsp3) is 0.312. The number of nitrogens with one attached hydrogen (secondary N) is 1. The predicted octanol–water partition coefficient (Wildman–Crippen LogP) is 3.31. The van der Waals surface area contributed by atoms with Crippen LogP contribution < -0.4 is 11.1 Å². The molecule has 0 aliphatic heterocycles. The van der Waals surface area contributed by atoms with E-state index in [2.05, 4.69) is 32.2 Å². The molecular formula is C16H20N2OS. The maximum Gasteiger partial charge on any atom is 0.249 e. The molecule has 106 valence electrons. The number of rotatable bonds is 5. The topological polar surface area (TPSA) is 55.1 Å². The minimum absolute atomic E-state index is 0.251. The van der Waals surface area contributed by atoms with Crippen molar-refractivity contribution in [3.05, 3.63) is 56.8 Å². The lowest BCUT2D eigenvalue weighted by molar-refractivity contribution is 0.0999. The first kappa shape index (κ1) is 14.8. The number of aryl methyl sites for hydroxylation is 2. The molecule has 1 unspecified atom stereocenters. The quantitative estimate of drug-likeness (QED) is 0.887. The van der Waals surface area contributed by atoms with Gasteiger partial charge in [0.2, 0.25) is 5.91 Å². The average molecular weight is 288 g/mol. The van der Waals surface area contributed by atoms with Crippen molar-refractivity contribution in [2.24, 2.45) is 5.73 Å². The Hall–Kier alpha value is -1.65. The lowest BCUT2D eigenvalue weighted by Crippen LogP contribution is -2.21. The van der Waals surface area contributed by atoms with Crippen molar-refractivity contribution >= 4 is 17.2 Å². The second-order valence-electron chi connectivity index (χ2n) is 4.99. The molecule has 3 N–H and O–H groups in total. The summed E-state index contributed by atoms with van der Waals surface area (Å²) >= 11 is 1.81. The summed E-state index contributed by atoms with van der Waals surface area (Å²) in [5.74, 6) is -0.377. The number of benzene rings is 1. The Morgan fingerprint density at radius 3 is 2.65 bits per heavy atom. The van der Waals surface area contributed by atoms with Crippen LogP contribution in [0.15, 0.2) is 30.3 Å². The maximum absolute atomic E-state index is 11.4. The van der Waals surface area contributed by atoms with Gasteiger partial charge in [0, 0.05) is 27.9 Å². The van der Waals surface area contributed by atoms with Crippen molar-refractivity contribution in [2.45, 2.75) is 33.4 Å². The van der Waals surface area contributed by atoms with Gasteiger partial charge < -0.3 is 11.1 Å². The van der Waals surface area contributed by atoms with Crippen LogP contribution in [0, 0.1) is 13.8 Å². The number of hydrogen-bond acceptors (Lipinski definition) is 3. The molecule has 1 aromatic heterocycles. The van der Waals surface area contributed by atoms with Gasteiger partial charge >= 0.3 is 0 Å². The number of amides is 1. The van der Waals surface area contributed by atoms with E-state index in [1.165, 1.54) is 15.3 Å². The second-order valence-corrected chi connectivity index (χ2v) is 6.45. The third-order valence-corrected chi connectivity index (χ3v) is 4.41. The van der Waals surface area contributed by atoms with E-state index in [0.717, 1.165) is 5.56 Å². The summed E-state index contributed by atoms with van der Waals surface area (Å²) in [5, 5.41) is 3.46. The van der Waals surface area contributed by atoms with Gasteiger partial charge in [0.1, 0.15) is 0 Å². The van der Waals surface area contributed by atoms with E-state index >= 15 is 0 Å². The smallest absolute Gasteiger partial charge is 0.249 e. The molecule has 0 spiro atoms. The largest absolute Gasteiger partial charge is 0.366 e. The Morgan fingerprint density at radius 2 is 2.05 bits per heavy atom. The molecule has 1 atom stereocenters. The van der Waals surface area contributed by atoms with Gasteiger partial charge in [-0.05, 0) is 44.0 Å². The Kier molecular flexibility index (Phi) is 4.57. The third kappa shape index (κ3) is 3.26. The fourth-order valence-corrected chi connectivity index (χ4v) is 3.39. The van der Waals surface area contributed by atoms with Crippen molar-refractivity contribution in [3.63, 3.8) is 0 Å². The lowest BCUT2D eigenvalue weighted by Gasteiger charge is -2.15. The summed E-state index contributed by atoms with van der Waals surface area (Å²) in [6.07, 6.45) is 0. The first-order valence-electron chi connectivity index (χ1n) is 6.67. The molecule has 0 saturated carbocycles. The van der Waals surface area contributed by atoms with Crippen LogP contribution in [0.3, 0.4) is 0 Å². The van der Waals surface area contributed by atoms with Gasteiger partial charge in [0.05, 0.1) is 0 Å². The van der Waals surface area contributed by atoms with Crippen molar-refractivity contribution < 1.29 is 4.79 Å². The summed E-state index contributed by atoms with van der Waals surface area (Å²) in [4.78, 5) is 14.1. The van der Waals surface area contributed by atoms with E-state index in [-0.39, 0.29) is 11.9 Å². The molecule has 0 saturated heterocycles. The predicted molar refractivity (Wildman–Crippen MR) is 84.0 cm³/mol. The molecular weight excluding hydrogens is 268 g/mol. The van der Waals surface area contributed by atoms with Crippen LogP contribution in [0.5, 0.6) is 0 Å². The lowest BCUT2D eigenvalue weighted by atomic mass is 10.1. The van der Waals surface area contributed by atoms with E-state index in [4.69, 9.17) is 5.73 Å². The second kappa shape index (κ2) is 6.20. The molecule has 3 nitrogen and oxygen atoms in total.